The molecule has 0 saturated carbocycles. The lowest BCUT2D eigenvalue weighted by molar-refractivity contribution is 1.39. The molecule has 4 rings (SSSR count). The molecule has 0 spiro atoms. The molecule has 22 heavy (non-hydrogen) atoms. The van der Waals surface area contributed by atoms with Gasteiger partial charge in [-0.1, -0.05) is 41.9 Å². The second-order valence-corrected chi connectivity index (χ2v) is 5.46. The van der Waals surface area contributed by atoms with Crippen LogP contribution in [-0.2, 0) is 0 Å². The zero-order valence-corrected chi connectivity index (χ0v) is 12.2. The number of H-pyrrole nitrogens is 1. The van der Waals surface area contributed by atoms with Crippen LogP contribution in [0.25, 0.3) is 33.1 Å². The van der Waals surface area contributed by atoms with Gasteiger partial charge in [0.05, 0.1) is 27.3 Å². The van der Waals surface area contributed by atoms with Crippen LogP contribution in [0.4, 0.5) is 0 Å². The van der Waals surface area contributed by atoms with Gasteiger partial charge in [0.1, 0.15) is 6.07 Å². The van der Waals surface area contributed by atoms with Crippen LogP contribution in [0.3, 0.4) is 0 Å². The second kappa shape index (κ2) is 4.87. The Morgan fingerprint density at radius 1 is 1.05 bits per heavy atom. The number of aromatic amines is 1. The van der Waals surface area contributed by atoms with E-state index < -0.39 is 0 Å². The first kappa shape index (κ1) is 12.9. The SMILES string of the molecule is N#Cc1cccc2c(-c3ccc4cccc(Cl)c4n3)c[nH]c12. The molecule has 0 aliphatic rings. The summed E-state index contributed by atoms with van der Waals surface area (Å²) in [5.41, 5.74) is 4.05. The van der Waals surface area contributed by atoms with Crippen molar-refractivity contribution in [3.63, 3.8) is 0 Å². The number of pyridine rings is 1. The molecule has 2 aromatic heterocycles. The van der Waals surface area contributed by atoms with Gasteiger partial charge in [0.25, 0.3) is 0 Å². The standard InChI is InChI=1S/C18H10ClN3/c19-15-6-2-3-11-7-8-16(22-18(11)15)14-10-21-17-12(9-20)4-1-5-13(14)17/h1-8,10,21H. The summed E-state index contributed by atoms with van der Waals surface area (Å²) in [7, 11) is 0. The molecule has 0 amide bonds. The lowest BCUT2D eigenvalue weighted by Gasteiger charge is -2.04. The number of benzene rings is 2. The molecular weight excluding hydrogens is 294 g/mol. The smallest absolute Gasteiger partial charge is 0.101 e. The molecule has 3 nitrogen and oxygen atoms in total. The van der Waals surface area contributed by atoms with Gasteiger partial charge in [-0.15, -0.1) is 0 Å². The number of hydrogen-bond acceptors (Lipinski definition) is 2. The van der Waals surface area contributed by atoms with Crippen LogP contribution in [0.1, 0.15) is 5.56 Å². The Labute approximate surface area is 131 Å². The summed E-state index contributed by atoms with van der Waals surface area (Å²) in [6.07, 6.45) is 1.89. The number of halogens is 1. The molecule has 4 aromatic rings. The molecule has 0 unspecified atom stereocenters. The number of hydrogen-bond donors (Lipinski definition) is 1. The minimum Gasteiger partial charge on any atom is -0.359 e. The van der Waals surface area contributed by atoms with Crippen LogP contribution in [-0.4, -0.2) is 9.97 Å². The van der Waals surface area contributed by atoms with E-state index in [1.54, 1.807) is 6.07 Å². The van der Waals surface area contributed by atoms with Gasteiger partial charge in [-0.25, -0.2) is 4.98 Å². The Morgan fingerprint density at radius 3 is 2.77 bits per heavy atom. The average Bonchev–Trinajstić information content (AvgIpc) is 2.99. The van der Waals surface area contributed by atoms with Crippen molar-refractivity contribution in [2.24, 2.45) is 0 Å². The molecule has 0 saturated heterocycles. The molecule has 0 bridgehead atoms. The molecule has 0 atom stereocenters. The normalized spacial score (nSPS) is 10.9. The van der Waals surface area contributed by atoms with Gasteiger partial charge in [0.2, 0.25) is 0 Å². The number of para-hydroxylation sites is 2. The molecule has 1 N–H and O–H groups in total. The predicted molar refractivity (Wildman–Crippen MR) is 88.8 cm³/mol. The number of aromatic nitrogens is 2. The van der Waals surface area contributed by atoms with E-state index in [0.717, 1.165) is 33.1 Å². The van der Waals surface area contributed by atoms with Crippen LogP contribution in [0, 0.1) is 11.3 Å². The highest BCUT2D eigenvalue weighted by Gasteiger charge is 2.11. The second-order valence-electron chi connectivity index (χ2n) is 5.05. The third-order valence-electron chi connectivity index (χ3n) is 3.78. The number of fused-ring (bicyclic) bond motifs is 2. The fourth-order valence-corrected chi connectivity index (χ4v) is 2.94. The molecule has 0 fully saturated rings. The van der Waals surface area contributed by atoms with E-state index in [-0.39, 0.29) is 0 Å². The van der Waals surface area contributed by atoms with Crippen molar-refractivity contribution < 1.29 is 0 Å². The monoisotopic (exact) mass is 303 g/mol. The molecule has 4 heteroatoms. The zero-order chi connectivity index (χ0) is 15.1. The first-order valence-corrected chi connectivity index (χ1v) is 7.21. The summed E-state index contributed by atoms with van der Waals surface area (Å²) in [4.78, 5) is 7.86. The number of nitrogens with zero attached hydrogens (tertiary/aromatic N) is 2. The van der Waals surface area contributed by atoms with Crippen LogP contribution in [0.2, 0.25) is 5.02 Å². The molecule has 0 radical (unpaired) electrons. The van der Waals surface area contributed by atoms with Gasteiger partial charge >= 0.3 is 0 Å². The van der Waals surface area contributed by atoms with E-state index in [1.165, 1.54) is 0 Å². The Morgan fingerprint density at radius 2 is 1.91 bits per heavy atom. The Hall–Kier alpha value is -2.83. The van der Waals surface area contributed by atoms with E-state index in [0.29, 0.717) is 10.6 Å². The Balaban J connectivity index is 2.00. The van der Waals surface area contributed by atoms with Crippen molar-refractivity contribution in [2.45, 2.75) is 0 Å². The highest BCUT2D eigenvalue weighted by molar-refractivity contribution is 6.35. The Kier molecular flexibility index (Phi) is 2.85. The maximum Gasteiger partial charge on any atom is 0.101 e. The van der Waals surface area contributed by atoms with Crippen molar-refractivity contribution in [3.8, 4) is 17.3 Å². The minimum atomic E-state index is 0.627. The highest BCUT2D eigenvalue weighted by atomic mass is 35.5. The zero-order valence-electron chi connectivity index (χ0n) is 11.5. The van der Waals surface area contributed by atoms with Gasteiger partial charge in [0, 0.05) is 22.5 Å². The third kappa shape index (κ3) is 1.86. The van der Waals surface area contributed by atoms with Gasteiger partial charge in [-0.3, -0.25) is 0 Å². The van der Waals surface area contributed by atoms with Crippen LogP contribution in [0.5, 0.6) is 0 Å². The van der Waals surface area contributed by atoms with E-state index in [9.17, 15) is 5.26 Å². The van der Waals surface area contributed by atoms with Crippen molar-refractivity contribution in [3.05, 3.63) is 65.3 Å². The van der Waals surface area contributed by atoms with E-state index in [1.807, 2.05) is 48.7 Å². The largest absolute Gasteiger partial charge is 0.359 e. The van der Waals surface area contributed by atoms with Gasteiger partial charge in [-0.05, 0) is 18.2 Å². The van der Waals surface area contributed by atoms with E-state index >= 15 is 0 Å². The minimum absolute atomic E-state index is 0.627. The summed E-state index contributed by atoms with van der Waals surface area (Å²) in [5, 5.41) is 11.8. The third-order valence-corrected chi connectivity index (χ3v) is 4.09. The lowest BCUT2D eigenvalue weighted by Crippen LogP contribution is -1.85. The van der Waals surface area contributed by atoms with Crippen molar-refractivity contribution in [1.82, 2.24) is 9.97 Å². The Bertz CT molecular complexity index is 1060. The topological polar surface area (TPSA) is 52.5 Å². The average molecular weight is 304 g/mol. The van der Waals surface area contributed by atoms with Crippen LogP contribution < -0.4 is 0 Å². The van der Waals surface area contributed by atoms with Gasteiger partial charge in [0.15, 0.2) is 0 Å². The molecule has 2 aromatic carbocycles. The van der Waals surface area contributed by atoms with Crippen molar-refractivity contribution in [2.75, 3.05) is 0 Å². The fraction of sp³-hybridized carbons (Fsp3) is 0. The summed E-state index contributed by atoms with van der Waals surface area (Å²) in [6, 6.07) is 17.6. The molecule has 2 heterocycles. The first-order chi connectivity index (χ1) is 10.8. The maximum absolute atomic E-state index is 9.19. The fourth-order valence-electron chi connectivity index (χ4n) is 2.72. The van der Waals surface area contributed by atoms with Crippen LogP contribution in [0.15, 0.2) is 54.7 Å². The summed E-state index contributed by atoms with van der Waals surface area (Å²) in [6.45, 7) is 0. The van der Waals surface area contributed by atoms with Gasteiger partial charge < -0.3 is 4.98 Å². The summed E-state index contributed by atoms with van der Waals surface area (Å²) >= 11 is 6.24. The number of nitriles is 1. The lowest BCUT2D eigenvalue weighted by atomic mass is 10.1. The summed E-state index contributed by atoms with van der Waals surface area (Å²) < 4.78 is 0. The van der Waals surface area contributed by atoms with Crippen molar-refractivity contribution >= 4 is 33.4 Å². The van der Waals surface area contributed by atoms with E-state index in [4.69, 9.17) is 11.6 Å². The quantitative estimate of drug-likeness (QED) is 0.543. The number of rotatable bonds is 1. The molecule has 104 valence electrons. The molecular formula is C18H10ClN3. The van der Waals surface area contributed by atoms with Crippen LogP contribution >= 0.6 is 11.6 Å². The van der Waals surface area contributed by atoms with E-state index in [2.05, 4.69) is 16.0 Å². The first-order valence-electron chi connectivity index (χ1n) is 6.84. The highest BCUT2D eigenvalue weighted by Crippen LogP contribution is 2.31. The van der Waals surface area contributed by atoms with Crippen molar-refractivity contribution in [1.29, 1.82) is 5.26 Å². The predicted octanol–water partition coefficient (Wildman–Crippen LogP) is 4.91. The molecule has 0 aliphatic carbocycles. The number of nitrogens with one attached hydrogen (secondary N) is 1. The maximum atomic E-state index is 9.19. The van der Waals surface area contributed by atoms with Gasteiger partial charge in [-0.2, -0.15) is 5.26 Å². The summed E-state index contributed by atoms with van der Waals surface area (Å²) in [5.74, 6) is 0. The molecule has 0 aliphatic heterocycles.